The van der Waals surface area contributed by atoms with E-state index in [0.717, 1.165) is 17.8 Å². The van der Waals surface area contributed by atoms with Crippen LogP contribution >= 0.6 is 11.8 Å². The molecule has 0 aliphatic carbocycles. The highest BCUT2D eigenvalue weighted by Crippen LogP contribution is 2.26. The Morgan fingerprint density at radius 3 is 2.50 bits per heavy atom. The van der Waals surface area contributed by atoms with E-state index in [1.54, 1.807) is 0 Å². The lowest BCUT2D eigenvalue weighted by atomic mass is 10.2. The van der Waals surface area contributed by atoms with E-state index in [1.165, 1.54) is 13.0 Å². The van der Waals surface area contributed by atoms with Crippen LogP contribution in [-0.2, 0) is 4.79 Å². The lowest BCUT2D eigenvalue weighted by Crippen LogP contribution is -2.25. The maximum Gasteiger partial charge on any atom is 0.289 e. The summed E-state index contributed by atoms with van der Waals surface area (Å²) in [4.78, 5) is 14.8. The minimum Gasteiger partial charge on any atom is -0.323 e. The number of halogens is 3. The van der Waals surface area contributed by atoms with Crippen LogP contribution in [0.25, 0.3) is 0 Å². The van der Waals surface area contributed by atoms with E-state index in [2.05, 4.69) is 10.3 Å². The first-order valence-electron chi connectivity index (χ1n) is 7.05. The first-order valence-corrected chi connectivity index (χ1v) is 7.93. The number of nitriles is 2. The molecular formula is C16H11F3N5OS+. The maximum atomic E-state index is 13.6. The summed E-state index contributed by atoms with van der Waals surface area (Å²) in [6, 6.07) is 6.55. The number of thioether (sulfide) groups is 1. The van der Waals surface area contributed by atoms with Gasteiger partial charge in [0.1, 0.15) is 23.3 Å². The number of H-pyrrole nitrogens is 1. The third-order valence-corrected chi connectivity index (χ3v) is 4.39. The van der Waals surface area contributed by atoms with E-state index in [4.69, 9.17) is 16.3 Å². The second kappa shape index (κ2) is 7.76. The molecule has 1 aromatic heterocycles. The second-order valence-corrected chi connectivity index (χ2v) is 6.39. The Bertz CT molecular complexity index is 968. The monoisotopic (exact) mass is 378 g/mol. The van der Waals surface area contributed by atoms with E-state index in [9.17, 15) is 18.0 Å². The molecule has 10 heteroatoms. The average Bonchev–Trinajstić information content (AvgIpc) is 2.62. The van der Waals surface area contributed by atoms with Gasteiger partial charge in [0, 0.05) is 0 Å². The van der Waals surface area contributed by atoms with Crippen LogP contribution in [0.5, 0.6) is 0 Å². The Kier molecular flexibility index (Phi) is 5.70. The second-order valence-electron chi connectivity index (χ2n) is 5.04. The molecule has 0 spiro atoms. The smallest absolute Gasteiger partial charge is 0.289 e. The molecular weight excluding hydrogens is 367 g/mol. The summed E-state index contributed by atoms with van der Waals surface area (Å²) in [6.45, 7) is 1.46. The van der Waals surface area contributed by atoms with Gasteiger partial charge in [0.25, 0.3) is 5.82 Å². The van der Waals surface area contributed by atoms with E-state index < -0.39 is 34.3 Å². The number of nitrogen functional groups attached to an aromatic ring is 1. The SMILES string of the molecule is C[C@@H](Sc1[nH+]c(N)c(C#N)cc1C#N)C(=O)Nc1ccc(F)c(F)c1F. The molecule has 0 saturated heterocycles. The fourth-order valence-electron chi connectivity index (χ4n) is 1.90. The third-order valence-electron chi connectivity index (χ3n) is 3.27. The van der Waals surface area contributed by atoms with Gasteiger partial charge in [-0.2, -0.15) is 10.5 Å². The predicted octanol–water partition coefficient (Wildman–Crippen LogP) is 2.36. The third kappa shape index (κ3) is 3.87. The number of pyridine rings is 1. The largest absolute Gasteiger partial charge is 0.323 e. The number of nitrogens with two attached hydrogens (primary N) is 1. The van der Waals surface area contributed by atoms with Gasteiger partial charge in [0.05, 0.1) is 10.9 Å². The van der Waals surface area contributed by atoms with E-state index in [0.29, 0.717) is 6.07 Å². The van der Waals surface area contributed by atoms with Crippen LogP contribution in [0.3, 0.4) is 0 Å². The van der Waals surface area contributed by atoms with Crippen LogP contribution in [-0.4, -0.2) is 11.2 Å². The molecule has 0 aliphatic rings. The number of aromatic nitrogens is 1. The first-order chi connectivity index (χ1) is 12.3. The number of benzene rings is 1. The molecule has 1 heterocycles. The fourth-order valence-corrected chi connectivity index (χ4v) is 2.82. The molecule has 1 amide bonds. The number of hydrogen-bond donors (Lipinski definition) is 2. The van der Waals surface area contributed by atoms with Crippen molar-refractivity contribution >= 4 is 29.2 Å². The van der Waals surface area contributed by atoms with Crippen LogP contribution in [0.1, 0.15) is 18.1 Å². The predicted molar refractivity (Wildman–Crippen MR) is 87.1 cm³/mol. The van der Waals surface area contributed by atoms with Gasteiger partial charge in [0.15, 0.2) is 22.5 Å². The summed E-state index contributed by atoms with van der Waals surface area (Å²) in [7, 11) is 0. The van der Waals surface area contributed by atoms with Gasteiger partial charge in [-0.25, -0.2) is 18.2 Å². The van der Waals surface area contributed by atoms with Gasteiger partial charge in [-0.05, 0) is 25.1 Å². The molecule has 4 N–H and O–H groups in total. The fraction of sp³-hybridized carbons (Fsp3) is 0.125. The van der Waals surface area contributed by atoms with Gasteiger partial charge >= 0.3 is 0 Å². The van der Waals surface area contributed by atoms with Crippen molar-refractivity contribution in [2.45, 2.75) is 17.2 Å². The number of amides is 1. The van der Waals surface area contributed by atoms with Crippen LogP contribution in [0, 0.1) is 40.1 Å². The molecule has 0 bridgehead atoms. The first kappa shape index (κ1) is 19.1. The van der Waals surface area contributed by atoms with Gasteiger partial charge in [-0.15, -0.1) is 0 Å². The van der Waals surface area contributed by atoms with E-state index >= 15 is 0 Å². The summed E-state index contributed by atoms with van der Waals surface area (Å²) in [5, 5.41) is 19.6. The summed E-state index contributed by atoms with van der Waals surface area (Å²) in [5.41, 5.74) is 5.32. The average molecular weight is 378 g/mol. The number of rotatable bonds is 4. The Balaban J connectivity index is 2.21. The Morgan fingerprint density at radius 2 is 1.88 bits per heavy atom. The summed E-state index contributed by atoms with van der Waals surface area (Å²) in [6.07, 6.45) is 0. The van der Waals surface area contributed by atoms with Crippen molar-refractivity contribution in [3.63, 3.8) is 0 Å². The molecule has 0 unspecified atom stereocenters. The zero-order chi connectivity index (χ0) is 19.4. The molecule has 0 aliphatic heterocycles. The van der Waals surface area contributed by atoms with Gasteiger partial charge in [0.2, 0.25) is 5.91 Å². The maximum absolute atomic E-state index is 13.6. The molecule has 0 fully saturated rings. The number of hydrogen-bond acceptors (Lipinski definition) is 5. The van der Waals surface area contributed by atoms with Gasteiger partial charge in [-0.1, -0.05) is 11.8 Å². The minimum absolute atomic E-state index is 0.0215. The van der Waals surface area contributed by atoms with Crippen molar-refractivity contribution in [3.8, 4) is 12.1 Å². The van der Waals surface area contributed by atoms with E-state index in [-0.39, 0.29) is 22.0 Å². The molecule has 1 atom stereocenters. The summed E-state index contributed by atoms with van der Waals surface area (Å²) in [5.74, 6) is -5.26. The van der Waals surface area contributed by atoms with Gasteiger partial charge in [-0.3, -0.25) is 10.5 Å². The standard InChI is InChI=1S/C16H10F3N5OS/c1-7(15(25)23-11-3-2-10(17)12(18)13(11)19)26-16-9(6-21)4-8(5-20)14(22)24-16/h2-4,7H,1H3,(H2,22,24)(H,23,25)/p+1/t7-/m1/s1. The van der Waals surface area contributed by atoms with Crippen LogP contribution in [0.15, 0.2) is 23.2 Å². The van der Waals surface area contributed by atoms with Crippen molar-refractivity contribution in [2.24, 2.45) is 0 Å². The Morgan fingerprint density at radius 1 is 1.23 bits per heavy atom. The van der Waals surface area contributed by atoms with Crippen molar-refractivity contribution in [3.05, 3.63) is 46.8 Å². The molecule has 2 rings (SSSR count). The topological polar surface area (TPSA) is 117 Å². The lowest BCUT2D eigenvalue weighted by molar-refractivity contribution is -0.410. The quantitative estimate of drug-likeness (QED) is 0.626. The molecule has 0 saturated carbocycles. The number of nitrogens with zero attached hydrogens (tertiary/aromatic N) is 2. The minimum atomic E-state index is -1.69. The van der Waals surface area contributed by atoms with E-state index in [1.807, 2.05) is 12.1 Å². The molecule has 26 heavy (non-hydrogen) atoms. The molecule has 1 aromatic carbocycles. The summed E-state index contributed by atoms with van der Waals surface area (Å²) < 4.78 is 39.8. The van der Waals surface area contributed by atoms with Crippen LogP contribution in [0.2, 0.25) is 0 Å². The Labute approximate surface area is 150 Å². The highest BCUT2D eigenvalue weighted by Gasteiger charge is 2.23. The molecule has 6 nitrogen and oxygen atoms in total. The number of aromatic amines is 1. The normalized spacial score (nSPS) is 11.3. The van der Waals surface area contributed by atoms with Crippen molar-refractivity contribution < 1.29 is 22.9 Å². The van der Waals surface area contributed by atoms with Crippen LogP contribution < -0.4 is 16.0 Å². The lowest BCUT2D eigenvalue weighted by Gasteiger charge is -2.12. The Hall–Kier alpha value is -3.24. The molecule has 0 radical (unpaired) electrons. The molecule has 132 valence electrons. The number of anilines is 2. The van der Waals surface area contributed by atoms with Crippen molar-refractivity contribution in [2.75, 3.05) is 11.1 Å². The zero-order valence-corrected chi connectivity index (χ0v) is 14.0. The number of carbonyl (C=O) groups is 1. The summed E-state index contributed by atoms with van der Waals surface area (Å²) >= 11 is 0.899. The van der Waals surface area contributed by atoms with Crippen molar-refractivity contribution in [1.82, 2.24) is 0 Å². The highest BCUT2D eigenvalue weighted by molar-refractivity contribution is 8.00. The zero-order valence-electron chi connectivity index (χ0n) is 13.2. The van der Waals surface area contributed by atoms with Crippen LogP contribution in [0.4, 0.5) is 24.7 Å². The molecule has 2 aromatic rings. The number of carbonyl (C=O) groups excluding carboxylic acids is 1. The van der Waals surface area contributed by atoms with Crippen molar-refractivity contribution in [1.29, 1.82) is 10.5 Å². The number of nitrogens with one attached hydrogen (secondary N) is 2. The highest BCUT2D eigenvalue weighted by atomic mass is 32.2. The van der Waals surface area contributed by atoms with Gasteiger partial charge < -0.3 is 5.32 Å².